The zero-order chi connectivity index (χ0) is 54.3. The lowest BCUT2D eigenvalue weighted by Crippen LogP contribution is -2.43. The first-order valence-electron chi connectivity index (χ1n) is 28.3. The number of hydrogen-bond acceptors (Lipinski definition) is 15. The highest BCUT2D eigenvalue weighted by molar-refractivity contribution is 5.86. The van der Waals surface area contributed by atoms with Crippen LogP contribution in [0.4, 0.5) is 0 Å². The molecule has 15 nitrogen and oxygen atoms in total. The van der Waals surface area contributed by atoms with E-state index in [1.165, 1.54) is 0 Å². The molecule has 72 heavy (non-hydrogen) atoms. The Kier molecular flexibility index (Phi) is 40.8. The summed E-state index contributed by atoms with van der Waals surface area (Å²) >= 11 is 0. The van der Waals surface area contributed by atoms with Crippen LogP contribution in [-0.2, 0) is 57.2 Å². The van der Waals surface area contributed by atoms with Crippen LogP contribution in [0.5, 0.6) is 0 Å². The Bertz CT molecular complexity index is 1390. The summed E-state index contributed by atoms with van der Waals surface area (Å²) in [6, 6.07) is 0. The van der Waals surface area contributed by atoms with Crippen LogP contribution >= 0.6 is 0 Å². The van der Waals surface area contributed by atoms with Gasteiger partial charge in [0, 0.05) is 31.1 Å². The molecule has 0 heterocycles. The number of hydrogen-bond donors (Lipinski definition) is 2. The predicted molar refractivity (Wildman–Crippen MR) is 281 cm³/mol. The molecule has 0 spiro atoms. The third kappa shape index (κ3) is 33.4. The molecule has 8 atom stereocenters. The molecule has 0 saturated heterocycles. The Hall–Kier alpha value is -3.43. The Labute approximate surface area is 435 Å². The molecule has 2 N–H and O–H groups in total. The molecule has 0 rings (SSSR count). The molecule has 0 bridgehead atoms. The molecule has 0 aliphatic heterocycles. The topological polar surface area (TPSA) is 209 Å². The standard InChI is InChI=1S/C57H103NO14/c1-11-15-19-23-30-42(5)52(62)54(64)47(40-68-56(66)44(7)32-25-21-17-13-3)71-50(60)36-27-34-46(70-49(59)38-29-39-58(9)10)35-28-37-51(61)72-48(41-69-57(67)45(8)33-26-22-18-14-4)55(65)53(63)43(6)31-24-20-16-12-2/h42-48,54-55,64-65H,11-41H2,1-10H3. The molecule has 0 fully saturated rings. The normalized spacial score (nSPS) is 15.3. The fourth-order valence-corrected chi connectivity index (χ4v) is 8.42. The van der Waals surface area contributed by atoms with E-state index in [0.717, 1.165) is 103 Å². The van der Waals surface area contributed by atoms with Gasteiger partial charge in [-0.25, -0.2) is 0 Å². The van der Waals surface area contributed by atoms with E-state index in [1.54, 1.807) is 27.7 Å². The third-order valence-electron chi connectivity index (χ3n) is 13.5. The number of Topliss-reactive ketones (excluding diaryl/α,β-unsaturated/α-hetero) is 2. The molecule has 0 aliphatic carbocycles. The minimum atomic E-state index is -1.70. The molecular formula is C57H103NO14. The molecule has 0 aliphatic rings. The summed E-state index contributed by atoms with van der Waals surface area (Å²) in [5, 5.41) is 22.5. The fraction of sp³-hybridized carbons (Fsp3) is 0.877. The van der Waals surface area contributed by atoms with Gasteiger partial charge in [0.25, 0.3) is 0 Å². The van der Waals surface area contributed by atoms with Gasteiger partial charge in [-0.05, 0) is 78.4 Å². The van der Waals surface area contributed by atoms with E-state index in [0.29, 0.717) is 38.6 Å². The summed E-state index contributed by atoms with van der Waals surface area (Å²) in [6.07, 6.45) is 12.3. The van der Waals surface area contributed by atoms with Crippen molar-refractivity contribution in [2.24, 2.45) is 23.7 Å². The van der Waals surface area contributed by atoms with E-state index < -0.39 is 109 Å². The predicted octanol–water partition coefficient (Wildman–Crippen LogP) is 10.8. The van der Waals surface area contributed by atoms with Crippen LogP contribution in [0.15, 0.2) is 0 Å². The van der Waals surface area contributed by atoms with E-state index in [2.05, 4.69) is 27.7 Å². The zero-order valence-corrected chi connectivity index (χ0v) is 46.9. The number of unbranched alkanes of at least 4 members (excludes halogenated alkanes) is 12. The van der Waals surface area contributed by atoms with Gasteiger partial charge in [0.15, 0.2) is 36.0 Å². The van der Waals surface area contributed by atoms with Gasteiger partial charge in [0.1, 0.15) is 19.3 Å². The van der Waals surface area contributed by atoms with Crippen LogP contribution < -0.4 is 0 Å². The molecule has 0 amide bonds. The average molecular weight is 1030 g/mol. The number of aliphatic hydroxyl groups is 2. The van der Waals surface area contributed by atoms with Crippen LogP contribution in [0.3, 0.4) is 0 Å². The van der Waals surface area contributed by atoms with Crippen molar-refractivity contribution in [2.45, 2.75) is 266 Å². The van der Waals surface area contributed by atoms with Gasteiger partial charge >= 0.3 is 29.8 Å². The quantitative estimate of drug-likeness (QED) is 0.0330. The monoisotopic (exact) mass is 1030 g/mol. The Morgan fingerprint density at radius 2 is 0.722 bits per heavy atom. The number of rotatable bonds is 47. The van der Waals surface area contributed by atoms with Crippen LogP contribution in [0, 0.1) is 23.7 Å². The van der Waals surface area contributed by atoms with Crippen molar-refractivity contribution < 1.29 is 67.5 Å². The second-order valence-electron chi connectivity index (χ2n) is 20.8. The summed E-state index contributed by atoms with van der Waals surface area (Å²) in [7, 11) is 3.80. The highest BCUT2D eigenvalue weighted by Gasteiger charge is 2.35. The maximum Gasteiger partial charge on any atom is 0.308 e. The van der Waals surface area contributed by atoms with E-state index in [-0.39, 0.29) is 44.9 Å². The summed E-state index contributed by atoms with van der Waals surface area (Å²) < 4.78 is 28.3. The number of nitrogens with zero attached hydrogens (tertiary/aromatic N) is 1. The molecular weight excluding hydrogens is 923 g/mol. The Morgan fingerprint density at radius 1 is 0.403 bits per heavy atom. The van der Waals surface area contributed by atoms with Crippen molar-refractivity contribution in [3.63, 3.8) is 0 Å². The first kappa shape index (κ1) is 68.6. The van der Waals surface area contributed by atoms with Crippen LogP contribution in [0.1, 0.15) is 235 Å². The Morgan fingerprint density at radius 3 is 1.06 bits per heavy atom. The van der Waals surface area contributed by atoms with Crippen molar-refractivity contribution >= 4 is 41.4 Å². The fourth-order valence-electron chi connectivity index (χ4n) is 8.42. The van der Waals surface area contributed by atoms with Crippen LogP contribution in [0.2, 0.25) is 0 Å². The molecule has 15 heteroatoms. The smallest absolute Gasteiger partial charge is 0.308 e. The second-order valence-corrected chi connectivity index (χ2v) is 20.8. The largest absolute Gasteiger partial charge is 0.462 e. The zero-order valence-electron chi connectivity index (χ0n) is 46.9. The van der Waals surface area contributed by atoms with E-state index in [9.17, 15) is 43.8 Å². The van der Waals surface area contributed by atoms with Crippen molar-refractivity contribution in [3.05, 3.63) is 0 Å². The molecule has 0 aromatic carbocycles. The molecule has 0 aromatic heterocycles. The van der Waals surface area contributed by atoms with Crippen LogP contribution in [-0.4, -0.2) is 121 Å². The summed E-state index contributed by atoms with van der Waals surface area (Å²) in [5.74, 6) is -5.69. The lowest BCUT2D eigenvalue weighted by molar-refractivity contribution is -0.171. The minimum Gasteiger partial charge on any atom is -0.462 e. The summed E-state index contributed by atoms with van der Waals surface area (Å²) in [6.45, 7) is 15.1. The lowest BCUT2D eigenvalue weighted by Gasteiger charge is -2.25. The van der Waals surface area contributed by atoms with E-state index in [4.69, 9.17) is 23.7 Å². The summed E-state index contributed by atoms with van der Waals surface area (Å²) in [4.78, 5) is 94.4. The first-order valence-corrected chi connectivity index (χ1v) is 28.3. The van der Waals surface area contributed by atoms with E-state index in [1.807, 2.05) is 19.0 Å². The maximum atomic E-state index is 13.4. The molecule has 420 valence electrons. The first-order chi connectivity index (χ1) is 34.3. The molecule has 0 saturated carbocycles. The second kappa shape index (κ2) is 42.9. The van der Waals surface area contributed by atoms with Crippen molar-refractivity contribution in [3.8, 4) is 0 Å². The summed E-state index contributed by atoms with van der Waals surface area (Å²) in [5.41, 5.74) is 0. The van der Waals surface area contributed by atoms with Crippen molar-refractivity contribution in [2.75, 3.05) is 33.9 Å². The molecule has 0 radical (unpaired) electrons. The number of ketones is 2. The number of ether oxygens (including phenoxy) is 5. The molecule has 0 aromatic rings. The number of aliphatic hydroxyl groups excluding tert-OH is 2. The van der Waals surface area contributed by atoms with Gasteiger partial charge < -0.3 is 38.8 Å². The number of esters is 5. The Balaban J connectivity index is 6.00. The van der Waals surface area contributed by atoms with Gasteiger partial charge in [-0.3, -0.25) is 33.6 Å². The van der Waals surface area contributed by atoms with E-state index >= 15 is 0 Å². The average Bonchev–Trinajstić information content (AvgIpc) is 3.35. The molecule has 8 unspecified atom stereocenters. The lowest BCUT2D eigenvalue weighted by atomic mass is 9.93. The van der Waals surface area contributed by atoms with Gasteiger partial charge in [-0.2, -0.15) is 0 Å². The van der Waals surface area contributed by atoms with Crippen molar-refractivity contribution in [1.82, 2.24) is 4.90 Å². The highest BCUT2D eigenvalue weighted by Crippen LogP contribution is 2.22. The minimum absolute atomic E-state index is 0.153. The van der Waals surface area contributed by atoms with Crippen LogP contribution in [0.25, 0.3) is 0 Å². The van der Waals surface area contributed by atoms with Gasteiger partial charge in [-0.15, -0.1) is 0 Å². The SMILES string of the molecule is CCCCCCC(C)C(=O)OCC(OC(=O)CCCC(CCCC(=O)OC(COC(=O)C(C)CCCCCC)C(O)C(=O)C(C)CCCCCC)OC(=O)CCCN(C)C)C(O)C(=O)C(C)CCCCCC. The number of carbonyl (C=O) groups is 7. The highest BCUT2D eigenvalue weighted by atomic mass is 16.6. The third-order valence-corrected chi connectivity index (χ3v) is 13.5. The van der Waals surface area contributed by atoms with Gasteiger partial charge in [-0.1, -0.05) is 158 Å². The van der Waals surface area contributed by atoms with Gasteiger partial charge in [0.2, 0.25) is 0 Å². The van der Waals surface area contributed by atoms with Gasteiger partial charge in [0.05, 0.1) is 11.8 Å². The maximum absolute atomic E-state index is 13.4. The number of carbonyl (C=O) groups excluding carboxylic acids is 7. The van der Waals surface area contributed by atoms with Crippen molar-refractivity contribution in [1.29, 1.82) is 0 Å².